The summed E-state index contributed by atoms with van der Waals surface area (Å²) in [7, 11) is 0. The Kier molecular flexibility index (Phi) is 14.3. The molecule has 0 radical (unpaired) electrons. The van der Waals surface area contributed by atoms with Crippen molar-refractivity contribution in [2.45, 2.75) is 124 Å². The van der Waals surface area contributed by atoms with Crippen molar-refractivity contribution in [3.8, 4) is 0 Å². The summed E-state index contributed by atoms with van der Waals surface area (Å²) >= 11 is 0. The van der Waals surface area contributed by atoms with Crippen LogP contribution >= 0.6 is 0 Å². The minimum atomic E-state index is -1.11. The van der Waals surface area contributed by atoms with Crippen LogP contribution in [0.2, 0.25) is 0 Å². The van der Waals surface area contributed by atoms with Crippen molar-refractivity contribution < 1.29 is 38.4 Å². The summed E-state index contributed by atoms with van der Waals surface area (Å²) in [6.07, 6.45) is 10.7. The van der Waals surface area contributed by atoms with Gasteiger partial charge in [-0.1, -0.05) is 58.9 Å². The number of esters is 2. The molecule has 260 valence electrons. The molecule has 3 aliphatic rings. The molecule has 10 heteroatoms. The number of carbonyl (C=O) groups excluding carboxylic acids is 3. The number of carbonyl (C=O) groups is 3. The summed E-state index contributed by atoms with van der Waals surface area (Å²) in [6.45, 7) is 17.7. The smallest absolute Gasteiger partial charge is 0.410 e. The molecule has 2 fully saturated rings. The number of allylic oxidation sites excluding steroid dienone is 3. The van der Waals surface area contributed by atoms with E-state index in [9.17, 15) is 19.5 Å². The average molecular weight is 647 g/mol. The molecule has 0 aliphatic carbocycles. The Balaban J connectivity index is 1.79. The normalized spacial score (nSPS) is 34.0. The SMILES string of the molecule is CC[C@H](O)[C@@H](C)[C@H]1O[C@@H]1C[C@H](C)/C=C/C=C(\C)[C@H]1OC(=O)C[C@H](C)CC[C@@](C)(OC(C)=O)[C@@H](OC(=O)N2CCNCC2)/C=C/[C@@H]1C. The van der Waals surface area contributed by atoms with Crippen LogP contribution in [0.4, 0.5) is 4.79 Å². The fraction of sp³-hybridized carbons (Fsp3) is 0.750. The van der Waals surface area contributed by atoms with Crippen LogP contribution in [0.1, 0.15) is 87.5 Å². The third-order valence-electron chi connectivity index (χ3n) is 9.57. The van der Waals surface area contributed by atoms with Gasteiger partial charge in [0.05, 0.1) is 18.3 Å². The van der Waals surface area contributed by atoms with Gasteiger partial charge in [0.2, 0.25) is 0 Å². The van der Waals surface area contributed by atoms with Gasteiger partial charge in [-0.15, -0.1) is 0 Å². The molecule has 0 saturated carbocycles. The molecule has 46 heavy (non-hydrogen) atoms. The number of piperazine rings is 1. The van der Waals surface area contributed by atoms with E-state index in [0.29, 0.717) is 39.0 Å². The summed E-state index contributed by atoms with van der Waals surface area (Å²) in [5.41, 5.74) is -0.227. The molecule has 2 saturated heterocycles. The largest absolute Gasteiger partial charge is 0.457 e. The maximum atomic E-state index is 13.2. The molecule has 1 amide bonds. The van der Waals surface area contributed by atoms with Gasteiger partial charge in [-0.2, -0.15) is 0 Å². The highest BCUT2D eigenvalue weighted by molar-refractivity contribution is 5.70. The molecular weight excluding hydrogens is 588 g/mol. The summed E-state index contributed by atoms with van der Waals surface area (Å²) in [5.74, 6) is -0.633. The molecule has 3 aliphatic heterocycles. The molecule has 10 nitrogen and oxygen atoms in total. The topological polar surface area (TPSA) is 127 Å². The van der Waals surface area contributed by atoms with E-state index in [1.807, 2.05) is 52.8 Å². The predicted octanol–water partition coefficient (Wildman–Crippen LogP) is 5.35. The minimum Gasteiger partial charge on any atom is -0.457 e. The number of rotatable bonds is 10. The minimum absolute atomic E-state index is 0.0362. The van der Waals surface area contributed by atoms with E-state index in [0.717, 1.165) is 18.4 Å². The number of hydrogen-bond acceptors (Lipinski definition) is 9. The fourth-order valence-electron chi connectivity index (χ4n) is 6.42. The number of nitrogens with zero attached hydrogens (tertiary/aromatic N) is 1. The Morgan fingerprint density at radius 2 is 1.89 bits per heavy atom. The Morgan fingerprint density at radius 1 is 1.20 bits per heavy atom. The molecule has 3 heterocycles. The third kappa shape index (κ3) is 11.2. The predicted molar refractivity (Wildman–Crippen MR) is 177 cm³/mol. The van der Waals surface area contributed by atoms with Crippen molar-refractivity contribution in [3.63, 3.8) is 0 Å². The lowest BCUT2D eigenvalue weighted by Crippen LogP contribution is -2.51. The molecule has 10 atom stereocenters. The van der Waals surface area contributed by atoms with E-state index >= 15 is 0 Å². The molecule has 0 aromatic heterocycles. The molecule has 0 unspecified atom stereocenters. The van der Waals surface area contributed by atoms with Gasteiger partial charge in [0.25, 0.3) is 0 Å². The van der Waals surface area contributed by atoms with Gasteiger partial charge in [0.1, 0.15) is 11.7 Å². The standard InChI is InChI=1S/C36H58N2O8/c1-9-29(40)27(6)34-30(43-34)21-23(2)11-10-12-25(4)33-26(5)13-14-31(44-35(42)38-19-17-37-18-20-38)36(8,46-28(7)39)16-15-24(3)22-32(41)45-33/h10-14,23-24,26-27,29-31,33-34,37,40H,9,15-22H2,1-8H3/b11-10+,14-13+,25-12+/t23-,24-,26+,27-,29+,30-,31+,33-,34-,36-/m1/s1. The van der Waals surface area contributed by atoms with Gasteiger partial charge in [0.15, 0.2) is 6.10 Å². The van der Waals surface area contributed by atoms with Gasteiger partial charge in [-0.3, -0.25) is 9.59 Å². The Morgan fingerprint density at radius 3 is 2.54 bits per heavy atom. The summed E-state index contributed by atoms with van der Waals surface area (Å²) in [4.78, 5) is 40.2. The maximum absolute atomic E-state index is 13.2. The van der Waals surface area contributed by atoms with E-state index in [4.69, 9.17) is 18.9 Å². The van der Waals surface area contributed by atoms with E-state index < -0.39 is 29.9 Å². The van der Waals surface area contributed by atoms with Crippen LogP contribution in [-0.2, 0) is 28.5 Å². The first-order chi connectivity index (χ1) is 21.7. The van der Waals surface area contributed by atoms with Crippen molar-refractivity contribution in [2.24, 2.45) is 23.7 Å². The lowest BCUT2D eigenvalue weighted by atomic mass is 9.86. The Bertz CT molecular complexity index is 1120. The second kappa shape index (κ2) is 17.5. The van der Waals surface area contributed by atoms with Gasteiger partial charge in [-0.05, 0) is 63.0 Å². The van der Waals surface area contributed by atoms with Crippen molar-refractivity contribution in [2.75, 3.05) is 26.2 Å². The zero-order valence-electron chi connectivity index (χ0n) is 29.2. The molecule has 2 N–H and O–H groups in total. The molecule has 0 spiro atoms. The first kappa shape index (κ1) is 37.8. The maximum Gasteiger partial charge on any atom is 0.410 e. The van der Waals surface area contributed by atoms with Crippen molar-refractivity contribution in [3.05, 3.63) is 36.0 Å². The van der Waals surface area contributed by atoms with E-state index in [-0.39, 0.29) is 54.4 Å². The van der Waals surface area contributed by atoms with Crippen LogP contribution < -0.4 is 5.32 Å². The first-order valence-electron chi connectivity index (χ1n) is 17.2. The lowest BCUT2D eigenvalue weighted by Gasteiger charge is -2.37. The molecule has 0 bridgehead atoms. The number of epoxide rings is 1. The monoisotopic (exact) mass is 646 g/mol. The molecule has 0 aromatic carbocycles. The van der Waals surface area contributed by atoms with Crippen LogP contribution in [0.5, 0.6) is 0 Å². The van der Waals surface area contributed by atoms with Gasteiger partial charge < -0.3 is 34.3 Å². The van der Waals surface area contributed by atoms with Crippen molar-refractivity contribution in [1.82, 2.24) is 10.2 Å². The molecule has 0 aromatic rings. The molecule has 3 rings (SSSR count). The second-order valence-electron chi connectivity index (χ2n) is 13.9. The van der Waals surface area contributed by atoms with Crippen LogP contribution in [0.15, 0.2) is 36.0 Å². The number of aliphatic hydroxyl groups excluding tert-OH is 1. The first-order valence-corrected chi connectivity index (χ1v) is 17.2. The quantitative estimate of drug-likeness (QED) is 0.106. The number of ether oxygens (including phenoxy) is 4. The number of cyclic esters (lactones) is 1. The van der Waals surface area contributed by atoms with Crippen molar-refractivity contribution in [1.29, 1.82) is 0 Å². The highest BCUT2D eigenvalue weighted by Gasteiger charge is 2.45. The molecular formula is C36H58N2O8. The van der Waals surface area contributed by atoms with Crippen LogP contribution in [0.25, 0.3) is 0 Å². The number of nitrogens with one attached hydrogen (secondary N) is 1. The van der Waals surface area contributed by atoms with Gasteiger partial charge in [-0.25, -0.2) is 4.79 Å². The van der Waals surface area contributed by atoms with Crippen LogP contribution in [0, 0.1) is 23.7 Å². The van der Waals surface area contributed by atoms with E-state index in [1.54, 1.807) is 17.9 Å². The zero-order valence-corrected chi connectivity index (χ0v) is 29.2. The Labute approximate surface area is 275 Å². The van der Waals surface area contributed by atoms with E-state index in [2.05, 4.69) is 18.3 Å². The van der Waals surface area contributed by atoms with Crippen LogP contribution in [-0.4, -0.2) is 90.3 Å². The second-order valence-corrected chi connectivity index (χ2v) is 13.9. The summed E-state index contributed by atoms with van der Waals surface area (Å²) < 4.78 is 23.8. The fourth-order valence-corrected chi connectivity index (χ4v) is 6.42. The van der Waals surface area contributed by atoms with Crippen LogP contribution in [0.3, 0.4) is 0 Å². The highest BCUT2D eigenvalue weighted by Crippen LogP contribution is 2.36. The number of aliphatic hydroxyl groups is 1. The van der Waals surface area contributed by atoms with Crippen molar-refractivity contribution >= 4 is 18.0 Å². The Hall–Kier alpha value is -2.69. The summed E-state index contributed by atoms with van der Waals surface area (Å²) in [5, 5.41) is 13.4. The summed E-state index contributed by atoms with van der Waals surface area (Å²) in [6, 6.07) is 0. The third-order valence-corrected chi connectivity index (χ3v) is 9.57. The van der Waals surface area contributed by atoms with Gasteiger partial charge >= 0.3 is 18.0 Å². The number of amides is 1. The highest BCUT2D eigenvalue weighted by atomic mass is 16.6. The lowest BCUT2D eigenvalue weighted by molar-refractivity contribution is -0.167. The zero-order chi connectivity index (χ0) is 34.0. The van der Waals surface area contributed by atoms with Gasteiger partial charge in [0, 0.05) is 51.4 Å². The number of hydrogen-bond donors (Lipinski definition) is 2. The van der Waals surface area contributed by atoms with E-state index in [1.165, 1.54) is 6.92 Å². The average Bonchev–Trinajstić information content (AvgIpc) is 3.77.